The number of fused-ring (bicyclic) bond motifs is 1. The van der Waals surface area contributed by atoms with Crippen molar-refractivity contribution in [2.45, 2.75) is 18.7 Å². The average molecular weight is 498 g/mol. The van der Waals surface area contributed by atoms with Crippen LogP contribution in [0.25, 0.3) is 22.4 Å². The van der Waals surface area contributed by atoms with Crippen molar-refractivity contribution in [2.24, 2.45) is 0 Å². The van der Waals surface area contributed by atoms with Gasteiger partial charge in [0.1, 0.15) is 11.5 Å². The second-order valence-electron chi connectivity index (χ2n) is 8.43. The van der Waals surface area contributed by atoms with Crippen LogP contribution in [-0.2, 0) is 10.0 Å². The van der Waals surface area contributed by atoms with E-state index in [1.54, 1.807) is 54.6 Å². The summed E-state index contributed by atoms with van der Waals surface area (Å²) in [5, 5.41) is 3.60. The van der Waals surface area contributed by atoms with Crippen LogP contribution in [0.15, 0.2) is 100 Å². The maximum atomic E-state index is 13.3. The van der Waals surface area contributed by atoms with Crippen molar-refractivity contribution in [1.82, 2.24) is 4.98 Å². The number of aromatic nitrogens is 1. The van der Waals surface area contributed by atoms with Gasteiger partial charge in [0.25, 0.3) is 15.9 Å². The van der Waals surface area contributed by atoms with Gasteiger partial charge in [-0.15, -0.1) is 0 Å². The van der Waals surface area contributed by atoms with Crippen molar-refractivity contribution in [1.29, 1.82) is 0 Å². The first-order chi connectivity index (χ1) is 17.3. The van der Waals surface area contributed by atoms with Crippen LogP contribution < -0.4 is 10.0 Å². The summed E-state index contributed by atoms with van der Waals surface area (Å²) in [6.07, 6.45) is 0. The fourth-order valence-electron chi connectivity index (χ4n) is 3.81. The maximum Gasteiger partial charge on any atom is 0.261 e. The van der Waals surface area contributed by atoms with Gasteiger partial charge >= 0.3 is 0 Å². The Balaban J connectivity index is 1.38. The molecule has 7 nitrogen and oxygen atoms in total. The Hall–Kier alpha value is -4.43. The largest absolute Gasteiger partial charge is 0.460 e. The van der Waals surface area contributed by atoms with Gasteiger partial charge in [-0.1, -0.05) is 35.9 Å². The van der Waals surface area contributed by atoms with Crippen molar-refractivity contribution in [2.75, 3.05) is 10.0 Å². The van der Waals surface area contributed by atoms with E-state index in [2.05, 4.69) is 15.0 Å². The van der Waals surface area contributed by atoms with E-state index in [1.165, 1.54) is 0 Å². The minimum absolute atomic E-state index is 0.178. The fraction of sp³-hybridized carbons (Fsp3) is 0.0714. The molecule has 0 spiro atoms. The first-order valence-corrected chi connectivity index (χ1v) is 12.7. The number of carbonyl (C=O) groups is 1. The number of nitrogens with zero attached hydrogens (tertiary/aromatic N) is 1. The molecular formula is C28H23N3O4S. The van der Waals surface area contributed by atoms with Crippen LogP contribution in [0.4, 0.5) is 11.4 Å². The molecule has 0 bridgehead atoms. The van der Waals surface area contributed by atoms with Gasteiger partial charge in [0.2, 0.25) is 0 Å². The van der Waals surface area contributed by atoms with E-state index in [0.717, 1.165) is 11.3 Å². The molecule has 8 heteroatoms. The molecule has 2 N–H and O–H groups in total. The first-order valence-electron chi connectivity index (χ1n) is 11.3. The number of anilines is 2. The molecular weight excluding hydrogens is 474 g/mol. The SMILES string of the molecule is Cc1ccc(S(=O)(=O)Nc2ccc(NC(=O)c3cc(-c4ccc(C)o4)nc4ccccc34)cc2)cc1. The molecule has 2 aromatic heterocycles. The molecule has 0 aliphatic carbocycles. The van der Waals surface area contributed by atoms with Crippen molar-refractivity contribution in [3.8, 4) is 11.5 Å². The summed E-state index contributed by atoms with van der Waals surface area (Å²) in [6, 6.07) is 25.9. The number of carbonyl (C=O) groups excluding carboxylic acids is 1. The van der Waals surface area contributed by atoms with E-state index in [9.17, 15) is 13.2 Å². The van der Waals surface area contributed by atoms with Crippen molar-refractivity contribution in [3.63, 3.8) is 0 Å². The molecule has 0 saturated carbocycles. The van der Waals surface area contributed by atoms with E-state index in [0.29, 0.717) is 39.3 Å². The quantitative estimate of drug-likeness (QED) is 0.292. The predicted molar refractivity (Wildman–Crippen MR) is 141 cm³/mol. The third-order valence-electron chi connectivity index (χ3n) is 5.68. The van der Waals surface area contributed by atoms with Crippen LogP contribution in [0.1, 0.15) is 21.7 Å². The summed E-state index contributed by atoms with van der Waals surface area (Å²) < 4.78 is 33.6. The van der Waals surface area contributed by atoms with Crippen LogP contribution in [0.5, 0.6) is 0 Å². The number of furan rings is 1. The Bertz CT molecular complexity index is 1670. The molecule has 180 valence electrons. The van der Waals surface area contributed by atoms with Gasteiger partial charge < -0.3 is 9.73 Å². The molecule has 36 heavy (non-hydrogen) atoms. The number of hydrogen-bond donors (Lipinski definition) is 2. The Morgan fingerprint density at radius 1 is 0.833 bits per heavy atom. The Kier molecular flexibility index (Phi) is 6.03. The van der Waals surface area contributed by atoms with Crippen LogP contribution in [-0.4, -0.2) is 19.3 Å². The fourth-order valence-corrected chi connectivity index (χ4v) is 4.87. The third-order valence-corrected chi connectivity index (χ3v) is 7.08. The van der Waals surface area contributed by atoms with E-state index in [1.807, 2.05) is 50.2 Å². The lowest BCUT2D eigenvalue weighted by Gasteiger charge is -2.11. The van der Waals surface area contributed by atoms with Crippen LogP contribution in [0.2, 0.25) is 0 Å². The summed E-state index contributed by atoms with van der Waals surface area (Å²) in [6.45, 7) is 3.74. The lowest BCUT2D eigenvalue weighted by molar-refractivity contribution is 0.102. The summed E-state index contributed by atoms with van der Waals surface area (Å²) in [4.78, 5) is 18.1. The second-order valence-corrected chi connectivity index (χ2v) is 10.1. The van der Waals surface area contributed by atoms with Crippen LogP contribution in [0, 0.1) is 13.8 Å². The van der Waals surface area contributed by atoms with Gasteiger partial charge in [0, 0.05) is 16.8 Å². The highest BCUT2D eigenvalue weighted by Crippen LogP contribution is 2.27. The summed E-state index contributed by atoms with van der Waals surface area (Å²) in [7, 11) is -3.72. The molecule has 0 unspecified atom stereocenters. The molecule has 0 aliphatic rings. The predicted octanol–water partition coefficient (Wildman–Crippen LogP) is 6.16. The number of rotatable bonds is 6. The number of hydrogen-bond acceptors (Lipinski definition) is 5. The molecule has 5 aromatic rings. The lowest BCUT2D eigenvalue weighted by Crippen LogP contribution is -2.14. The van der Waals surface area contributed by atoms with Gasteiger partial charge in [-0.3, -0.25) is 9.52 Å². The topological polar surface area (TPSA) is 101 Å². The zero-order valence-corrected chi connectivity index (χ0v) is 20.5. The lowest BCUT2D eigenvalue weighted by atomic mass is 10.1. The number of aryl methyl sites for hydroxylation is 2. The standard InChI is InChI=1S/C28H23N3O4S/c1-18-7-14-22(15-8-18)36(33,34)31-21-12-10-20(11-13-21)29-28(32)24-17-26(27-16-9-19(2)35-27)30-25-6-4-3-5-23(24)25/h3-17,31H,1-2H3,(H,29,32). The maximum absolute atomic E-state index is 13.3. The second kappa shape index (κ2) is 9.31. The zero-order chi connectivity index (χ0) is 25.3. The zero-order valence-electron chi connectivity index (χ0n) is 19.6. The molecule has 0 atom stereocenters. The summed E-state index contributed by atoms with van der Waals surface area (Å²) in [5.74, 6) is 1.02. The molecule has 1 amide bonds. The van der Waals surface area contributed by atoms with Crippen molar-refractivity contribution in [3.05, 3.63) is 108 Å². The molecule has 3 aromatic carbocycles. The Labute approximate surface area is 208 Å². The highest BCUT2D eigenvalue weighted by Gasteiger charge is 2.17. The average Bonchev–Trinajstić information content (AvgIpc) is 3.31. The monoisotopic (exact) mass is 497 g/mol. The van der Waals surface area contributed by atoms with Gasteiger partial charge in [0.05, 0.1) is 16.0 Å². The van der Waals surface area contributed by atoms with Gasteiger partial charge in [-0.05, 0) is 74.5 Å². The Morgan fingerprint density at radius 3 is 2.22 bits per heavy atom. The smallest absolute Gasteiger partial charge is 0.261 e. The van der Waals surface area contributed by atoms with Gasteiger partial charge in [0.15, 0.2) is 5.76 Å². The summed E-state index contributed by atoms with van der Waals surface area (Å²) >= 11 is 0. The molecule has 5 rings (SSSR count). The Morgan fingerprint density at radius 2 is 1.53 bits per heavy atom. The van der Waals surface area contributed by atoms with E-state index >= 15 is 0 Å². The number of sulfonamides is 1. The molecule has 2 heterocycles. The van der Waals surface area contributed by atoms with E-state index < -0.39 is 10.0 Å². The normalized spacial score (nSPS) is 11.4. The number of pyridine rings is 1. The van der Waals surface area contributed by atoms with Crippen LogP contribution >= 0.6 is 0 Å². The van der Waals surface area contributed by atoms with Gasteiger partial charge in [-0.2, -0.15) is 0 Å². The van der Waals surface area contributed by atoms with Gasteiger partial charge in [-0.25, -0.2) is 13.4 Å². The highest BCUT2D eigenvalue weighted by atomic mass is 32.2. The molecule has 0 saturated heterocycles. The third kappa shape index (κ3) is 4.85. The minimum Gasteiger partial charge on any atom is -0.460 e. The minimum atomic E-state index is -3.72. The molecule has 0 aliphatic heterocycles. The molecule has 0 radical (unpaired) electrons. The summed E-state index contributed by atoms with van der Waals surface area (Å²) in [5.41, 5.74) is 3.58. The molecule has 0 fully saturated rings. The number of amides is 1. The van der Waals surface area contributed by atoms with E-state index in [-0.39, 0.29) is 10.8 Å². The number of para-hydroxylation sites is 1. The van der Waals surface area contributed by atoms with Crippen molar-refractivity contribution >= 4 is 38.2 Å². The van der Waals surface area contributed by atoms with Crippen LogP contribution in [0.3, 0.4) is 0 Å². The highest BCUT2D eigenvalue weighted by molar-refractivity contribution is 7.92. The number of nitrogens with one attached hydrogen (secondary N) is 2. The number of benzene rings is 3. The first kappa shape index (κ1) is 23.3. The van der Waals surface area contributed by atoms with E-state index in [4.69, 9.17) is 4.42 Å². The van der Waals surface area contributed by atoms with Crippen molar-refractivity contribution < 1.29 is 17.6 Å².